The Labute approximate surface area is 104 Å². The largest absolute Gasteiger partial charge is 0.404 e. The first-order chi connectivity index (χ1) is 8.11. The first kappa shape index (κ1) is 14.8. The molecule has 0 aliphatic rings. The second-order valence-corrected chi connectivity index (χ2v) is 5.94. The molecule has 0 bridgehead atoms. The minimum absolute atomic E-state index is 0.00906. The highest BCUT2D eigenvalue weighted by Gasteiger charge is 2.35. The maximum atomic E-state index is 12.1. The summed E-state index contributed by atoms with van der Waals surface area (Å²) >= 11 is 0. The molecule has 0 saturated carbocycles. The fourth-order valence-electron chi connectivity index (χ4n) is 1.51. The van der Waals surface area contributed by atoms with Crippen LogP contribution in [0, 0.1) is 0 Å². The van der Waals surface area contributed by atoms with E-state index in [0.717, 1.165) is 0 Å². The molecule has 18 heavy (non-hydrogen) atoms. The second-order valence-electron chi connectivity index (χ2n) is 4.22. The van der Waals surface area contributed by atoms with Crippen molar-refractivity contribution in [3.63, 3.8) is 0 Å². The van der Waals surface area contributed by atoms with Crippen molar-refractivity contribution in [1.82, 2.24) is 0 Å². The number of hydrogen-bond acceptors (Lipinski definition) is 2. The average Bonchev–Trinajstić information content (AvgIpc) is 2.13. The lowest BCUT2D eigenvalue weighted by atomic mass is 10.0. The molecular weight excluding hydrogens is 267 g/mol. The molecule has 0 saturated heterocycles. The van der Waals surface area contributed by atoms with Crippen molar-refractivity contribution in [2.75, 3.05) is 10.5 Å². The van der Waals surface area contributed by atoms with Crippen molar-refractivity contribution in [1.29, 1.82) is 0 Å². The molecule has 1 N–H and O–H groups in total. The van der Waals surface area contributed by atoms with Gasteiger partial charge in [-0.05, 0) is 17.5 Å². The van der Waals surface area contributed by atoms with Gasteiger partial charge >= 0.3 is 6.18 Å². The lowest BCUT2D eigenvalue weighted by Gasteiger charge is -2.15. The van der Waals surface area contributed by atoms with Gasteiger partial charge in [-0.25, -0.2) is 8.42 Å². The minimum Gasteiger partial charge on any atom is -0.283 e. The van der Waals surface area contributed by atoms with E-state index in [0.29, 0.717) is 5.56 Å². The lowest BCUT2D eigenvalue weighted by molar-refractivity contribution is -0.106. The number of hydrogen-bond donors (Lipinski definition) is 1. The molecule has 7 heteroatoms. The summed E-state index contributed by atoms with van der Waals surface area (Å²) in [7, 11) is -4.42. The number of nitrogens with one attached hydrogen (secondary N) is 1. The van der Waals surface area contributed by atoms with Crippen LogP contribution in [0.25, 0.3) is 0 Å². The van der Waals surface area contributed by atoms with Crippen LogP contribution in [-0.2, 0) is 10.0 Å². The molecule has 0 aromatic heterocycles. The zero-order valence-corrected chi connectivity index (χ0v) is 10.8. The van der Waals surface area contributed by atoms with E-state index >= 15 is 0 Å². The van der Waals surface area contributed by atoms with E-state index in [-0.39, 0.29) is 11.6 Å². The highest BCUT2D eigenvalue weighted by Crippen LogP contribution is 2.26. The predicted molar refractivity (Wildman–Crippen MR) is 64.0 cm³/mol. The zero-order valence-electron chi connectivity index (χ0n) is 9.95. The maximum Gasteiger partial charge on any atom is 0.404 e. The van der Waals surface area contributed by atoms with E-state index in [4.69, 9.17) is 0 Å². The molecule has 102 valence electrons. The molecule has 0 aliphatic heterocycles. The van der Waals surface area contributed by atoms with E-state index in [1.165, 1.54) is 6.07 Å². The van der Waals surface area contributed by atoms with Crippen LogP contribution in [-0.4, -0.2) is 20.3 Å². The zero-order chi connectivity index (χ0) is 14.0. The summed E-state index contributed by atoms with van der Waals surface area (Å²) < 4.78 is 61.0. The Morgan fingerprint density at radius 3 is 2.28 bits per heavy atom. The third-order valence-electron chi connectivity index (χ3n) is 2.20. The standard InChI is InChI=1S/C11H14F3NO2S/c1-8(2)9-5-3-4-6-10(9)15-18(16,17)7-11(12,13)14/h3-6,8,15H,7H2,1-2H3. The molecule has 0 fully saturated rings. The Hall–Kier alpha value is -1.24. The normalized spacial score (nSPS) is 12.8. The van der Waals surface area contributed by atoms with Crippen LogP contribution in [0.5, 0.6) is 0 Å². The fraction of sp³-hybridized carbons (Fsp3) is 0.455. The third-order valence-corrected chi connectivity index (χ3v) is 3.44. The first-order valence-corrected chi connectivity index (χ1v) is 6.92. The van der Waals surface area contributed by atoms with Crippen LogP contribution >= 0.6 is 0 Å². The average molecular weight is 281 g/mol. The third kappa shape index (κ3) is 4.56. The monoisotopic (exact) mass is 281 g/mol. The van der Waals surface area contributed by atoms with Crippen LogP contribution in [0.4, 0.5) is 18.9 Å². The van der Waals surface area contributed by atoms with Crippen molar-refractivity contribution in [2.24, 2.45) is 0 Å². The molecule has 0 spiro atoms. The number of benzene rings is 1. The number of para-hydroxylation sites is 1. The topological polar surface area (TPSA) is 46.2 Å². The number of alkyl halides is 3. The summed E-state index contributed by atoms with van der Waals surface area (Å²) in [5, 5.41) is 0. The number of halogens is 3. The SMILES string of the molecule is CC(C)c1ccccc1NS(=O)(=O)CC(F)(F)F. The van der Waals surface area contributed by atoms with Gasteiger partial charge in [0, 0.05) is 0 Å². The van der Waals surface area contributed by atoms with Crippen molar-refractivity contribution >= 4 is 15.7 Å². The van der Waals surface area contributed by atoms with Crippen molar-refractivity contribution < 1.29 is 21.6 Å². The molecular formula is C11H14F3NO2S. The first-order valence-electron chi connectivity index (χ1n) is 5.27. The van der Waals surface area contributed by atoms with Crippen LogP contribution in [0.1, 0.15) is 25.3 Å². The van der Waals surface area contributed by atoms with Gasteiger partial charge < -0.3 is 0 Å². The predicted octanol–water partition coefficient (Wildman–Crippen LogP) is 3.11. The quantitative estimate of drug-likeness (QED) is 0.921. The number of rotatable bonds is 4. The van der Waals surface area contributed by atoms with Crippen molar-refractivity contribution in [2.45, 2.75) is 25.9 Å². The Balaban J connectivity index is 2.98. The summed E-state index contributed by atoms with van der Waals surface area (Å²) in [5.41, 5.74) is 0.847. The number of anilines is 1. The molecule has 1 aromatic carbocycles. The van der Waals surface area contributed by atoms with Gasteiger partial charge in [-0.1, -0.05) is 32.0 Å². The van der Waals surface area contributed by atoms with E-state index < -0.39 is 22.0 Å². The molecule has 0 unspecified atom stereocenters. The lowest BCUT2D eigenvalue weighted by Crippen LogP contribution is -2.28. The molecule has 0 amide bonds. The van der Waals surface area contributed by atoms with Crippen molar-refractivity contribution in [3.8, 4) is 0 Å². The Kier molecular flexibility index (Phi) is 4.26. The van der Waals surface area contributed by atoms with Gasteiger partial charge in [0.1, 0.15) is 0 Å². The van der Waals surface area contributed by atoms with Gasteiger partial charge in [0.15, 0.2) is 5.75 Å². The molecule has 0 aliphatic carbocycles. The second kappa shape index (κ2) is 5.17. The molecule has 0 atom stereocenters. The van der Waals surface area contributed by atoms with Crippen LogP contribution < -0.4 is 4.72 Å². The Morgan fingerprint density at radius 2 is 1.78 bits per heavy atom. The Morgan fingerprint density at radius 1 is 1.22 bits per heavy atom. The number of sulfonamides is 1. The molecule has 3 nitrogen and oxygen atoms in total. The summed E-state index contributed by atoms with van der Waals surface area (Å²) in [5.74, 6) is -1.87. The van der Waals surface area contributed by atoms with E-state index in [1.807, 2.05) is 18.6 Å². The highest BCUT2D eigenvalue weighted by atomic mass is 32.2. The van der Waals surface area contributed by atoms with Gasteiger partial charge in [0.2, 0.25) is 10.0 Å². The van der Waals surface area contributed by atoms with Crippen molar-refractivity contribution in [3.05, 3.63) is 29.8 Å². The Bertz CT molecular complexity index is 509. The van der Waals surface area contributed by atoms with Gasteiger partial charge in [0.05, 0.1) is 5.69 Å². The van der Waals surface area contributed by atoms with Crippen LogP contribution in [0.15, 0.2) is 24.3 Å². The summed E-state index contributed by atoms with van der Waals surface area (Å²) in [6, 6.07) is 6.40. The highest BCUT2D eigenvalue weighted by molar-refractivity contribution is 7.92. The van der Waals surface area contributed by atoms with Gasteiger partial charge in [-0.2, -0.15) is 13.2 Å². The van der Waals surface area contributed by atoms with Gasteiger partial charge in [0.25, 0.3) is 0 Å². The van der Waals surface area contributed by atoms with E-state index in [9.17, 15) is 21.6 Å². The summed E-state index contributed by atoms with van der Waals surface area (Å²) in [6.07, 6.45) is -4.75. The summed E-state index contributed by atoms with van der Waals surface area (Å²) in [4.78, 5) is 0. The molecule has 1 rings (SSSR count). The van der Waals surface area contributed by atoms with Gasteiger partial charge in [-0.3, -0.25) is 4.72 Å². The fourth-order valence-corrected chi connectivity index (χ4v) is 2.54. The van der Waals surface area contributed by atoms with Crippen LogP contribution in [0.2, 0.25) is 0 Å². The smallest absolute Gasteiger partial charge is 0.283 e. The van der Waals surface area contributed by atoms with Crippen LogP contribution in [0.3, 0.4) is 0 Å². The molecule has 1 aromatic rings. The molecule has 0 heterocycles. The van der Waals surface area contributed by atoms with Gasteiger partial charge in [-0.15, -0.1) is 0 Å². The molecule has 0 radical (unpaired) electrons. The van der Waals surface area contributed by atoms with E-state index in [1.54, 1.807) is 18.2 Å². The van der Waals surface area contributed by atoms with E-state index in [2.05, 4.69) is 0 Å². The maximum absolute atomic E-state index is 12.1. The summed E-state index contributed by atoms with van der Waals surface area (Å²) in [6.45, 7) is 3.66. The minimum atomic E-state index is -4.75.